The summed E-state index contributed by atoms with van der Waals surface area (Å²) < 4.78 is 25.0. The van der Waals surface area contributed by atoms with Gasteiger partial charge in [-0.25, -0.2) is 12.7 Å². The molecule has 0 amide bonds. The minimum absolute atomic E-state index is 0.281. The minimum atomic E-state index is -3.09. The standard InChI is InChI=1S/C10H21NO3S/c1-9(12)6-7-11(2)15(13,14)8-10-4-3-5-10/h9-10,12H,3-8H2,1-2H3. The fraction of sp³-hybridized carbons (Fsp3) is 1.00. The zero-order valence-electron chi connectivity index (χ0n) is 9.52. The number of nitrogens with zero attached hydrogens (tertiary/aromatic N) is 1. The predicted molar refractivity (Wildman–Crippen MR) is 60.1 cm³/mol. The maximum absolute atomic E-state index is 11.8. The summed E-state index contributed by atoms with van der Waals surface area (Å²) in [4.78, 5) is 0. The molecule has 1 fully saturated rings. The van der Waals surface area contributed by atoms with Gasteiger partial charge in [0.25, 0.3) is 0 Å². The fourth-order valence-electron chi connectivity index (χ4n) is 1.59. The normalized spacial score (nSPS) is 20.3. The highest BCUT2D eigenvalue weighted by atomic mass is 32.2. The van der Waals surface area contributed by atoms with E-state index >= 15 is 0 Å². The number of aliphatic hydroxyl groups is 1. The van der Waals surface area contributed by atoms with Crippen LogP contribution in [0.4, 0.5) is 0 Å². The third-order valence-corrected chi connectivity index (χ3v) is 5.03. The lowest BCUT2D eigenvalue weighted by molar-refractivity contribution is 0.177. The van der Waals surface area contributed by atoms with Crippen LogP contribution in [-0.4, -0.2) is 43.3 Å². The molecular weight excluding hydrogens is 214 g/mol. The second-order valence-corrected chi connectivity index (χ2v) is 6.66. The molecule has 0 bridgehead atoms. The van der Waals surface area contributed by atoms with E-state index in [1.54, 1.807) is 14.0 Å². The Bertz CT molecular complexity index is 283. The maximum atomic E-state index is 11.8. The number of hydrogen-bond donors (Lipinski definition) is 1. The summed E-state index contributed by atoms with van der Waals surface area (Å²) in [7, 11) is -1.50. The molecule has 5 heteroatoms. The summed E-state index contributed by atoms with van der Waals surface area (Å²) in [6, 6.07) is 0. The summed E-state index contributed by atoms with van der Waals surface area (Å²) >= 11 is 0. The first kappa shape index (κ1) is 12.9. The maximum Gasteiger partial charge on any atom is 0.214 e. The van der Waals surface area contributed by atoms with Crippen LogP contribution in [0.2, 0.25) is 0 Å². The SMILES string of the molecule is CC(O)CCN(C)S(=O)(=O)CC1CCC1. The number of aliphatic hydroxyl groups excluding tert-OH is 1. The van der Waals surface area contributed by atoms with E-state index in [1.165, 1.54) is 4.31 Å². The third kappa shape index (κ3) is 4.09. The van der Waals surface area contributed by atoms with Crippen molar-refractivity contribution in [2.24, 2.45) is 5.92 Å². The number of rotatable bonds is 6. The van der Waals surface area contributed by atoms with Gasteiger partial charge in [-0.1, -0.05) is 6.42 Å². The van der Waals surface area contributed by atoms with Crippen LogP contribution in [0, 0.1) is 5.92 Å². The molecule has 0 radical (unpaired) electrons. The second kappa shape index (κ2) is 5.27. The van der Waals surface area contributed by atoms with Crippen LogP contribution in [0.25, 0.3) is 0 Å². The molecular formula is C10H21NO3S. The van der Waals surface area contributed by atoms with Crippen LogP contribution in [0.15, 0.2) is 0 Å². The van der Waals surface area contributed by atoms with Gasteiger partial charge in [0.1, 0.15) is 0 Å². The topological polar surface area (TPSA) is 57.6 Å². The van der Waals surface area contributed by atoms with Crippen molar-refractivity contribution in [1.82, 2.24) is 4.31 Å². The smallest absolute Gasteiger partial charge is 0.214 e. The molecule has 1 atom stereocenters. The Morgan fingerprint density at radius 3 is 2.47 bits per heavy atom. The summed E-state index contributed by atoms with van der Waals surface area (Å²) in [5.41, 5.74) is 0. The Balaban J connectivity index is 2.37. The molecule has 0 spiro atoms. The zero-order valence-corrected chi connectivity index (χ0v) is 10.3. The van der Waals surface area contributed by atoms with Crippen LogP contribution in [-0.2, 0) is 10.0 Å². The Labute approximate surface area is 92.3 Å². The van der Waals surface area contributed by atoms with Crippen LogP contribution < -0.4 is 0 Å². The van der Waals surface area contributed by atoms with Gasteiger partial charge in [-0.15, -0.1) is 0 Å². The van der Waals surface area contributed by atoms with E-state index in [0.717, 1.165) is 19.3 Å². The van der Waals surface area contributed by atoms with Crippen molar-refractivity contribution in [2.45, 2.75) is 38.7 Å². The average Bonchev–Trinajstić information content (AvgIpc) is 2.07. The van der Waals surface area contributed by atoms with E-state index in [0.29, 0.717) is 18.9 Å². The van der Waals surface area contributed by atoms with Gasteiger partial charge in [0.05, 0.1) is 11.9 Å². The lowest BCUT2D eigenvalue weighted by atomic mass is 9.87. The van der Waals surface area contributed by atoms with Crippen molar-refractivity contribution < 1.29 is 13.5 Å². The van der Waals surface area contributed by atoms with Crippen molar-refractivity contribution in [3.05, 3.63) is 0 Å². The van der Waals surface area contributed by atoms with Crippen LogP contribution in [0.3, 0.4) is 0 Å². The van der Waals surface area contributed by atoms with Crippen molar-refractivity contribution in [2.75, 3.05) is 19.3 Å². The molecule has 0 aromatic heterocycles. The summed E-state index contributed by atoms with van der Waals surface area (Å²) in [6.45, 7) is 2.08. The van der Waals surface area contributed by atoms with Gasteiger partial charge in [0.2, 0.25) is 10.0 Å². The zero-order chi connectivity index (χ0) is 11.5. The van der Waals surface area contributed by atoms with Gasteiger partial charge >= 0.3 is 0 Å². The molecule has 1 aliphatic carbocycles. The first-order valence-corrected chi connectivity index (χ1v) is 7.15. The van der Waals surface area contributed by atoms with Gasteiger partial charge in [0.15, 0.2) is 0 Å². The molecule has 4 nitrogen and oxygen atoms in total. The molecule has 15 heavy (non-hydrogen) atoms. The van der Waals surface area contributed by atoms with Crippen molar-refractivity contribution >= 4 is 10.0 Å². The third-order valence-electron chi connectivity index (χ3n) is 3.01. The molecule has 0 aromatic carbocycles. The first-order valence-electron chi connectivity index (χ1n) is 5.54. The van der Waals surface area contributed by atoms with E-state index < -0.39 is 16.1 Å². The monoisotopic (exact) mass is 235 g/mol. The van der Waals surface area contributed by atoms with Gasteiger partial charge in [0, 0.05) is 13.6 Å². The first-order chi connectivity index (χ1) is 6.92. The second-order valence-electron chi connectivity index (χ2n) is 4.53. The highest BCUT2D eigenvalue weighted by Gasteiger charge is 2.27. The molecule has 1 unspecified atom stereocenters. The highest BCUT2D eigenvalue weighted by molar-refractivity contribution is 7.89. The molecule has 1 rings (SSSR count). The highest BCUT2D eigenvalue weighted by Crippen LogP contribution is 2.28. The van der Waals surface area contributed by atoms with E-state index in [2.05, 4.69) is 0 Å². The van der Waals surface area contributed by atoms with Gasteiger partial charge in [-0.05, 0) is 32.1 Å². The quantitative estimate of drug-likeness (QED) is 0.741. The lowest BCUT2D eigenvalue weighted by Gasteiger charge is -2.27. The molecule has 1 aliphatic rings. The van der Waals surface area contributed by atoms with Crippen LogP contribution in [0.1, 0.15) is 32.6 Å². The number of sulfonamides is 1. The Morgan fingerprint density at radius 2 is 2.07 bits per heavy atom. The van der Waals surface area contributed by atoms with Crippen LogP contribution >= 0.6 is 0 Å². The molecule has 0 aromatic rings. The molecule has 0 aliphatic heterocycles. The van der Waals surface area contributed by atoms with Gasteiger partial charge < -0.3 is 5.11 Å². The van der Waals surface area contributed by atoms with E-state index in [9.17, 15) is 8.42 Å². The van der Waals surface area contributed by atoms with E-state index in [1.807, 2.05) is 0 Å². The summed E-state index contributed by atoms with van der Waals surface area (Å²) in [6.07, 6.45) is 3.32. The molecule has 90 valence electrons. The summed E-state index contributed by atoms with van der Waals surface area (Å²) in [5, 5.41) is 9.08. The van der Waals surface area contributed by atoms with E-state index in [4.69, 9.17) is 5.11 Å². The summed E-state index contributed by atoms with van der Waals surface area (Å²) in [5.74, 6) is 0.646. The molecule has 0 heterocycles. The lowest BCUT2D eigenvalue weighted by Crippen LogP contribution is -2.35. The average molecular weight is 235 g/mol. The number of hydrogen-bond acceptors (Lipinski definition) is 3. The van der Waals surface area contributed by atoms with Crippen molar-refractivity contribution in [3.63, 3.8) is 0 Å². The molecule has 1 N–H and O–H groups in total. The van der Waals surface area contributed by atoms with Crippen molar-refractivity contribution in [3.8, 4) is 0 Å². The van der Waals surface area contributed by atoms with Crippen LogP contribution in [0.5, 0.6) is 0 Å². The molecule has 1 saturated carbocycles. The fourth-order valence-corrected chi connectivity index (χ4v) is 3.16. The minimum Gasteiger partial charge on any atom is -0.393 e. The van der Waals surface area contributed by atoms with Gasteiger partial charge in [-0.2, -0.15) is 0 Å². The predicted octanol–water partition coefficient (Wildman–Crippen LogP) is 0.819. The molecule has 0 saturated heterocycles. The largest absolute Gasteiger partial charge is 0.393 e. The van der Waals surface area contributed by atoms with Crippen molar-refractivity contribution in [1.29, 1.82) is 0 Å². The van der Waals surface area contributed by atoms with E-state index in [-0.39, 0.29) is 5.75 Å². The Morgan fingerprint density at radius 1 is 1.47 bits per heavy atom. The van der Waals surface area contributed by atoms with Gasteiger partial charge in [-0.3, -0.25) is 0 Å². The Hall–Kier alpha value is -0.130. The Kier molecular flexibility index (Phi) is 4.55.